The summed E-state index contributed by atoms with van der Waals surface area (Å²) in [6.07, 6.45) is 6.81. The zero-order valence-corrected chi connectivity index (χ0v) is 13.6. The third-order valence-electron chi connectivity index (χ3n) is 3.20. The number of likely N-dealkylation sites (N-methyl/N-ethyl adjacent to an activating group) is 1. The second-order valence-corrected chi connectivity index (χ2v) is 4.94. The van der Waals surface area contributed by atoms with Gasteiger partial charge in [-0.25, -0.2) is 14.4 Å². The van der Waals surface area contributed by atoms with Gasteiger partial charge in [-0.15, -0.1) is 0 Å². The summed E-state index contributed by atoms with van der Waals surface area (Å²) < 4.78 is 11.8. The minimum absolute atomic E-state index is 0.169. The fourth-order valence-electron chi connectivity index (χ4n) is 1.88. The highest BCUT2D eigenvalue weighted by molar-refractivity contribution is 5.74. The topological polar surface area (TPSA) is 156 Å². The summed E-state index contributed by atoms with van der Waals surface area (Å²) in [4.78, 5) is 34.3. The summed E-state index contributed by atoms with van der Waals surface area (Å²) in [5, 5.41) is 22.2. The van der Waals surface area contributed by atoms with E-state index >= 15 is 0 Å². The number of carbonyl (C=O) groups is 2. The van der Waals surface area contributed by atoms with Gasteiger partial charge in [-0.3, -0.25) is 14.9 Å². The van der Waals surface area contributed by atoms with Crippen LogP contribution in [0.2, 0.25) is 0 Å². The van der Waals surface area contributed by atoms with Crippen LogP contribution in [0.25, 0.3) is 0 Å². The molecular weight excluding hydrogens is 335 g/mol. The van der Waals surface area contributed by atoms with Gasteiger partial charge in [0.1, 0.15) is 18.9 Å². The Hall–Kier alpha value is -2.79. The lowest BCUT2D eigenvalue weighted by Gasteiger charge is -2.09. The molecule has 0 aliphatic carbocycles. The first-order valence-corrected chi connectivity index (χ1v) is 7.35. The highest BCUT2D eigenvalue weighted by Gasteiger charge is 2.17. The average Bonchev–Trinajstić information content (AvgIpc) is 3.26. The van der Waals surface area contributed by atoms with Gasteiger partial charge in [0.2, 0.25) is 0 Å². The zero-order valence-electron chi connectivity index (χ0n) is 13.6. The van der Waals surface area contributed by atoms with Gasteiger partial charge in [0.25, 0.3) is 0 Å². The van der Waals surface area contributed by atoms with Crippen LogP contribution in [0.3, 0.4) is 0 Å². The highest BCUT2D eigenvalue weighted by atomic mass is 19.1. The van der Waals surface area contributed by atoms with E-state index in [4.69, 9.17) is 10.2 Å². The molecule has 0 unspecified atom stereocenters. The van der Waals surface area contributed by atoms with Gasteiger partial charge in [-0.2, -0.15) is 0 Å². The first-order valence-electron chi connectivity index (χ1n) is 7.35. The second kappa shape index (κ2) is 10.9. The minimum atomic E-state index is -1.08. The Kier molecular flexibility index (Phi) is 8.82. The van der Waals surface area contributed by atoms with Crippen LogP contribution in [0.1, 0.15) is 11.4 Å². The van der Waals surface area contributed by atoms with Crippen molar-refractivity contribution in [1.29, 1.82) is 0 Å². The molecule has 2 rings (SSSR count). The van der Waals surface area contributed by atoms with Crippen molar-refractivity contribution in [2.45, 2.75) is 24.9 Å². The molecule has 0 radical (unpaired) electrons. The van der Waals surface area contributed by atoms with Crippen molar-refractivity contribution < 1.29 is 24.2 Å². The summed E-state index contributed by atoms with van der Waals surface area (Å²) in [5.41, 5.74) is 1.34. The second-order valence-electron chi connectivity index (χ2n) is 4.94. The molecular formula is C14H21FN6O4. The molecule has 0 amide bonds. The standard InChI is InChI=1S/C7H10FN3O2.C7H11N3O2/c8-3-10-6(7(12)13)1-5-2-9-4-11-5;1-8-6(7(11)12)2-5-3-9-4-10-5/h2,4,6,10H,1,3H2,(H,9,11)(H,12,13);3-4,6,8H,2H2,1H3,(H,9,10)(H,11,12)/t2*6-/m00/s1. The number of rotatable bonds is 9. The Balaban J connectivity index is 0.000000251. The lowest BCUT2D eigenvalue weighted by molar-refractivity contribution is -0.140. The molecule has 2 heterocycles. The number of aromatic amines is 2. The summed E-state index contributed by atoms with van der Waals surface area (Å²) in [6.45, 7) is -0.860. The molecule has 0 saturated heterocycles. The van der Waals surface area contributed by atoms with E-state index in [1.165, 1.54) is 12.7 Å². The molecule has 138 valence electrons. The third kappa shape index (κ3) is 7.54. The number of imidazole rings is 2. The Bertz CT molecular complexity index is 619. The maximum atomic E-state index is 11.8. The van der Waals surface area contributed by atoms with E-state index in [0.717, 1.165) is 5.69 Å². The van der Waals surface area contributed by atoms with Gasteiger partial charge in [-0.1, -0.05) is 0 Å². The Labute approximate surface area is 142 Å². The number of hydrogen-bond donors (Lipinski definition) is 6. The van der Waals surface area contributed by atoms with Crippen molar-refractivity contribution in [3.8, 4) is 0 Å². The minimum Gasteiger partial charge on any atom is -0.480 e. The van der Waals surface area contributed by atoms with Crippen LogP contribution < -0.4 is 10.6 Å². The van der Waals surface area contributed by atoms with Crippen LogP contribution in [-0.2, 0) is 22.4 Å². The fourth-order valence-corrected chi connectivity index (χ4v) is 1.88. The third-order valence-corrected chi connectivity index (χ3v) is 3.20. The average molecular weight is 356 g/mol. The molecule has 2 atom stereocenters. The number of carboxylic acid groups (broad SMARTS) is 2. The van der Waals surface area contributed by atoms with Crippen LogP contribution in [0, 0.1) is 0 Å². The predicted octanol–water partition coefficient (Wildman–Crippen LogP) is -0.453. The lowest BCUT2D eigenvalue weighted by Crippen LogP contribution is -2.38. The normalized spacial score (nSPS) is 12.7. The predicted molar refractivity (Wildman–Crippen MR) is 85.6 cm³/mol. The van der Waals surface area contributed by atoms with Crippen LogP contribution >= 0.6 is 0 Å². The van der Waals surface area contributed by atoms with Gasteiger partial charge in [0, 0.05) is 25.2 Å². The molecule has 0 fully saturated rings. The van der Waals surface area contributed by atoms with E-state index < -0.39 is 30.8 Å². The van der Waals surface area contributed by atoms with Crippen molar-refractivity contribution >= 4 is 11.9 Å². The van der Waals surface area contributed by atoms with Gasteiger partial charge in [0.15, 0.2) is 0 Å². The number of alkyl halides is 1. The smallest absolute Gasteiger partial charge is 0.321 e. The summed E-state index contributed by atoms with van der Waals surface area (Å²) in [6, 6.07) is -1.48. The highest BCUT2D eigenvalue weighted by Crippen LogP contribution is 1.98. The van der Waals surface area contributed by atoms with Crippen LogP contribution in [0.15, 0.2) is 25.0 Å². The monoisotopic (exact) mass is 356 g/mol. The molecule has 2 aromatic heterocycles. The van der Waals surface area contributed by atoms with Crippen molar-refractivity contribution in [3.05, 3.63) is 36.4 Å². The Morgan fingerprint density at radius 2 is 1.56 bits per heavy atom. The molecule has 0 aromatic carbocycles. The SMILES string of the molecule is CN[C@@H](Cc1c[nH]cn1)C(=O)O.O=C(O)[C@H](Cc1c[nH]cn1)NCF. The van der Waals surface area contributed by atoms with E-state index in [-0.39, 0.29) is 6.42 Å². The van der Waals surface area contributed by atoms with Gasteiger partial charge >= 0.3 is 11.9 Å². The zero-order chi connectivity index (χ0) is 18.7. The lowest BCUT2D eigenvalue weighted by atomic mass is 10.2. The molecule has 0 aliphatic heterocycles. The van der Waals surface area contributed by atoms with Crippen molar-refractivity contribution in [1.82, 2.24) is 30.6 Å². The van der Waals surface area contributed by atoms with Crippen molar-refractivity contribution in [3.63, 3.8) is 0 Å². The number of halogens is 1. The van der Waals surface area contributed by atoms with Gasteiger partial charge in [0.05, 0.1) is 24.0 Å². The maximum Gasteiger partial charge on any atom is 0.321 e. The molecule has 2 aromatic rings. The maximum absolute atomic E-state index is 11.8. The molecule has 0 bridgehead atoms. The first-order chi connectivity index (χ1) is 12.0. The Morgan fingerprint density at radius 3 is 1.88 bits per heavy atom. The number of nitrogens with one attached hydrogen (secondary N) is 4. The van der Waals surface area contributed by atoms with E-state index in [1.54, 1.807) is 19.4 Å². The Morgan fingerprint density at radius 1 is 1.08 bits per heavy atom. The molecule has 6 N–H and O–H groups in total. The quantitative estimate of drug-likeness (QED) is 0.330. The van der Waals surface area contributed by atoms with Gasteiger partial charge in [-0.05, 0) is 7.05 Å². The van der Waals surface area contributed by atoms with E-state index in [1.807, 2.05) is 0 Å². The van der Waals surface area contributed by atoms with Crippen LogP contribution in [0.4, 0.5) is 4.39 Å². The van der Waals surface area contributed by atoms with E-state index in [0.29, 0.717) is 12.1 Å². The summed E-state index contributed by atoms with van der Waals surface area (Å²) in [7, 11) is 1.62. The van der Waals surface area contributed by atoms with Crippen LogP contribution in [0.5, 0.6) is 0 Å². The van der Waals surface area contributed by atoms with Gasteiger partial charge < -0.3 is 25.5 Å². The fraction of sp³-hybridized carbons (Fsp3) is 0.429. The molecule has 11 heteroatoms. The number of H-pyrrole nitrogens is 2. The number of hydrogen-bond acceptors (Lipinski definition) is 6. The van der Waals surface area contributed by atoms with Crippen molar-refractivity contribution in [2.24, 2.45) is 0 Å². The number of aromatic nitrogens is 4. The molecule has 0 aliphatic rings. The molecule has 0 spiro atoms. The van der Waals surface area contributed by atoms with Crippen LogP contribution in [-0.4, -0.2) is 68.0 Å². The largest absolute Gasteiger partial charge is 0.480 e. The number of nitrogens with zero attached hydrogens (tertiary/aromatic N) is 2. The first kappa shape index (κ1) is 20.3. The van der Waals surface area contributed by atoms with Crippen molar-refractivity contribution in [2.75, 3.05) is 13.8 Å². The van der Waals surface area contributed by atoms with E-state index in [2.05, 4.69) is 30.6 Å². The van der Waals surface area contributed by atoms with E-state index in [9.17, 15) is 14.0 Å². The molecule has 0 saturated carbocycles. The summed E-state index contributed by atoms with van der Waals surface area (Å²) in [5.74, 6) is -1.94. The molecule has 10 nitrogen and oxygen atoms in total. The summed E-state index contributed by atoms with van der Waals surface area (Å²) >= 11 is 0. The number of aliphatic carboxylic acids is 2. The number of carboxylic acids is 2. The molecule has 25 heavy (non-hydrogen) atoms.